The Bertz CT molecular complexity index is 1230. The number of aromatic nitrogens is 4. The normalized spacial score (nSPS) is 11.3. The minimum Gasteiger partial charge on any atom is -0.464 e. The van der Waals surface area contributed by atoms with Gasteiger partial charge in [-0.1, -0.05) is 12.1 Å². The summed E-state index contributed by atoms with van der Waals surface area (Å²) < 4.78 is 35.4. The second-order valence-electron chi connectivity index (χ2n) is 6.04. The molecule has 0 N–H and O–H groups in total. The van der Waals surface area contributed by atoms with E-state index in [2.05, 4.69) is 15.3 Å². The molecule has 0 amide bonds. The monoisotopic (exact) mass is 368 g/mol. The molecule has 0 bridgehead atoms. The quantitative estimate of drug-likeness (QED) is 0.517. The molecule has 4 rings (SSSR count). The molecule has 0 saturated carbocycles. The lowest BCUT2D eigenvalue weighted by molar-refractivity contribution is 0.563. The summed E-state index contributed by atoms with van der Waals surface area (Å²) in [7, 11) is 0. The first-order valence-electron chi connectivity index (χ1n) is 8.28. The molecule has 0 saturated heterocycles. The van der Waals surface area contributed by atoms with Crippen molar-refractivity contribution in [3.05, 3.63) is 70.0 Å². The molecule has 0 aliphatic rings. The van der Waals surface area contributed by atoms with Gasteiger partial charge in [-0.05, 0) is 37.6 Å². The molecule has 4 aromatic rings. The first kappa shape index (κ1) is 17.0. The largest absolute Gasteiger partial charge is 0.464 e. The summed E-state index contributed by atoms with van der Waals surface area (Å²) in [5.41, 5.74) is 1.51. The molecule has 6 nitrogen and oxygen atoms in total. The third-order valence-corrected chi connectivity index (χ3v) is 4.34. The molecule has 0 radical (unpaired) electrons. The fourth-order valence-corrected chi connectivity index (χ4v) is 3.01. The van der Waals surface area contributed by atoms with Gasteiger partial charge in [0.05, 0.1) is 12.0 Å². The average Bonchev–Trinajstić information content (AvgIpc) is 3.08. The number of nitrogens with zero attached hydrogens (tertiary/aromatic N) is 4. The van der Waals surface area contributed by atoms with Crippen LogP contribution in [0.15, 0.2) is 45.9 Å². The van der Waals surface area contributed by atoms with Gasteiger partial charge in [0.1, 0.15) is 28.2 Å². The summed E-state index contributed by atoms with van der Waals surface area (Å²) in [6.45, 7) is 3.41. The summed E-state index contributed by atoms with van der Waals surface area (Å²) in [5, 5.41) is 7.99. The number of fused-ring (bicyclic) bond motifs is 1. The van der Waals surface area contributed by atoms with Crippen LogP contribution in [0.5, 0.6) is 0 Å². The van der Waals surface area contributed by atoms with Gasteiger partial charge in [-0.25, -0.2) is 14.1 Å². The summed E-state index contributed by atoms with van der Waals surface area (Å²) in [6.07, 6.45) is 3.09. The van der Waals surface area contributed by atoms with Crippen molar-refractivity contribution in [2.45, 2.75) is 20.3 Å². The summed E-state index contributed by atoms with van der Waals surface area (Å²) in [4.78, 5) is 15.8. The Hall–Kier alpha value is -3.42. The summed E-state index contributed by atoms with van der Waals surface area (Å²) in [6, 6.07) is 5.87. The average molecular weight is 368 g/mol. The van der Waals surface area contributed by atoms with Crippen molar-refractivity contribution in [1.29, 1.82) is 0 Å². The highest BCUT2D eigenvalue weighted by atomic mass is 19.1. The summed E-state index contributed by atoms with van der Waals surface area (Å²) >= 11 is 0. The van der Waals surface area contributed by atoms with Gasteiger partial charge in [-0.2, -0.15) is 4.39 Å². The maximum atomic E-state index is 14.6. The first-order valence-corrected chi connectivity index (χ1v) is 8.28. The second kappa shape index (κ2) is 6.39. The number of hydrogen-bond donors (Lipinski definition) is 0. The molecule has 0 spiro atoms. The van der Waals surface area contributed by atoms with Gasteiger partial charge in [-0.15, -0.1) is 5.10 Å². The van der Waals surface area contributed by atoms with Crippen LogP contribution in [0.4, 0.5) is 8.78 Å². The van der Waals surface area contributed by atoms with Gasteiger partial charge in [0.15, 0.2) is 5.43 Å². The topological polar surface area (TPSA) is 73.8 Å². The number of hydrogen-bond acceptors (Lipinski definition) is 5. The smallest absolute Gasteiger partial charge is 0.238 e. The van der Waals surface area contributed by atoms with Gasteiger partial charge in [0.25, 0.3) is 0 Å². The highest BCUT2D eigenvalue weighted by Crippen LogP contribution is 2.28. The van der Waals surface area contributed by atoms with Gasteiger partial charge in [-0.3, -0.25) is 4.79 Å². The maximum absolute atomic E-state index is 14.6. The molecule has 136 valence electrons. The molecular weight excluding hydrogens is 354 g/mol. The van der Waals surface area contributed by atoms with Crippen LogP contribution >= 0.6 is 0 Å². The standard InChI is InChI=1S/C19H14F2N4O2/c1-3-13-17(23-24-25(13)14-5-4-6-22-19(14)21)11-7-12(20)16-15(8-11)27-9-10(2)18(16)26/h4-9H,3H2,1-2H3. The molecule has 8 heteroatoms. The Kier molecular flexibility index (Phi) is 4.02. The Balaban J connectivity index is 1.94. The number of pyridine rings is 1. The lowest BCUT2D eigenvalue weighted by Crippen LogP contribution is -2.07. The lowest BCUT2D eigenvalue weighted by atomic mass is 10.1. The van der Waals surface area contributed by atoms with Crippen LogP contribution in [0.2, 0.25) is 0 Å². The predicted molar refractivity (Wildman–Crippen MR) is 94.7 cm³/mol. The zero-order valence-corrected chi connectivity index (χ0v) is 14.5. The van der Waals surface area contributed by atoms with Crippen LogP contribution < -0.4 is 5.43 Å². The Morgan fingerprint density at radius 1 is 1.26 bits per heavy atom. The third kappa shape index (κ3) is 2.69. The first-order chi connectivity index (χ1) is 13.0. The highest BCUT2D eigenvalue weighted by Gasteiger charge is 2.20. The fraction of sp³-hybridized carbons (Fsp3) is 0.158. The van der Waals surface area contributed by atoms with E-state index in [1.54, 1.807) is 13.0 Å². The van der Waals surface area contributed by atoms with Crippen LogP contribution in [0.25, 0.3) is 27.9 Å². The van der Waals surface area contributed by atoms with E-state index in [1.165, 1.54) is 35.3 Å². The van der Waals surface area contributed by atoms with E-state index in [-0.39, 0.29) is 16.7 Å². The molecule has 0 aliphatic carbocycles. The van der Waals surface area contributed by atoms with Gasteiger partial charge >= 0.3 is 0 Å². The second-order valence-corrected chi connectivity index (χ2v) is 6.04. The third-order valence-electron chi connectivity index (χ3n) is 4.34. The van der Waals surface area contributed by atoms with E-state index in [4.69, 9.17) is 4.42 Å². The van der Waals surface area contributed by atoms with Crippen LogP contribution in [0, 0.1) is 18.7 Å². The van der Waals surface area contributed by atoms with E-state index in [9.17, 15) is 13.6 Å². The van der Waals surface area contributed by atoms with Crippen molar-refractivity contribution < 1.29 is 13.2 Å². The molecule has 3 aromatic heterocycles. The number of halogens is 2. The van der Waals surface area contributed by atoms with E-state index in [0.29, 0.717) is 28.9 Å². The van der Waals surface area contributed by atoms with E-state index >= 15 is 0 Å². The fourth-order valence-electron chi connectivity index (χ4n) is 3.01. The van der Waals surface area contributed by atoms with Crippen LogP contribution in [-0.2, 0) is 6.42 Å². The Morgan fingerprint density at radius 2 is 2.07 bits per heavy atom. The van der Waals surface area contributed by atoms with Gasteiger partial charge < -0.3 is 4.42 Å². The molecule has 3 heterocycles. The van der Waals surface area contributed by atoms with E-state index in [1.807, 2.05) is 6.92 Å². The molecule has 1 aromatic carbocycles. The Morgan fingerprint density at radius 3 is 2.81 bits per heavy atom. The van der Waals surface area contributed by atoms with Crippen LogP contribution in [0.1, 0.15) is 18.2 Å². The molecule has 0 fully saturated rings. The molecule has 0 aliphatic heterocycles. The van der Waals surface area contributed by atoms with E-state index in [0.717, 1.165) is 0 Å². The van der Waals surface area contributed by atoms with Crippen LogP contribution in [-0.4, -0.2) is 20.0 Å². The molecule has 0 atom stereocenters. The zero-order chi connectivity index (χ0) is 19.1. The lowest BCUT2D eigenvalue weighted by Gasteiger charge is -2.07. The molecule has 27 heavy (non-hydrogen) atoms. The highest BCUT2D eigenvalue weighted by molar-refractivity contribution is 5.83. The van der Waals surface area contributed by atoms with Crippen molar-refractivity contribution in [3.8, 4) is 16.9 Å². The number of aryl methyl sites for hydroxylation is 1. The van der Waals surface area contributed by atoms with Crippen molar-refractivity contribution in [2.75, 3.05) is 0 Å². The number of rotatable bonds is 3. The van der Waals surface area contributed by atoms with E-state index < -0.39 is 17.2 Å². The van der Waals surface area contributed by atoms with Gasteiger partial charge in [0, 0.05) is 17.3 Å². The zero-order valence-electron chi connectivity index (χ0n) is 14.5. The molecular formula is C19H14F2N4O2. The number of benzene rings is 1. The van der Waals surface area contributed by atoms with Crippen LogP contribution in [0.3, 0.4) is 0 Å². The van der Waals surface area contributed by atoms with Crippen molar-refractivity contribution in [3.63, 3.8) is 0 Å². The van der Waals surface area contributed by atoms with Crippen molar-refractivity contribution in [2.24, 2.45) is 0 Å². The maximum Gasteiger partial charge on any atom is 0.238 e. The predicted octanol–water partition coefficient (Wildman–Crippen LogP) is 3.58. The minimum absolute atomic E-state index is 0.109. The van der Waals surface area contributed by atoms with Crippen molar-refractivity contribution >= 4 is 11.0 Å². The SMILES string of the molecule is CCc1c(-c2cc(F)c3c(=O)c(C)coc3c2)nnn1-c1cccnc1F. The van der Waals surface area contributed by atoms with Gasteiger partial charge in [0.2, 0.25) is 5.95 Å². The van der Waals surface area contributed by atoms with Crippen molar-refractivity contribution in [1.82, 2.24) is 20.0 Å². The molecule has 0 unspecified atom stereocenters. The minimum atomic E-state index is -0.705. The summed E-state index contributed by atoms with van der Waals surface area (Å²) in [5.74, 6) is -1.39. The Labute approximate surface area is 152 Å².